The highest BCUT2D eigenvalue weighted by Crippen LogP contribution is 2.61. The van der Waals surface area contributed by atoms with Gasteiger partial charge in [-0.2, -0.15) is 5.26 Å². The molecule has 0 saturated heterocycles. The second kappa shape index (κ2) is 9.27. The van der Waals surface area contributed by atoms with Gasteiger partial charge in [0.15, 0.2) is 0 Å². The van der Waals surface area contributed by atoms with Gasteiger partial charge in [0.2, 0.25) is 0 Å². The van der Waals surface area contributed by atoms with Crippen LogP contribution < -0.4 is 10.6 Å². The summed E-state index contributed by atoms with van der Waals surface area (Å²) in [5.74, 6) is 2.23. The van der Waals surface area contributed by atoms with Gasteiger partial charge in [-0.05, 0) is 92.9 Å². The summed E-state index contributed by atoms with van der Waals surface area (Å²) in [7, 11) is 0. The van der Waals surface area contributed by atoms with Gasteiger partial charge in [-0.25, -0.2) is 0 Å². The van der Waals surface area contributed by atoms with Crippen LogP contribution in [0.3, 0.4) is 0 Å². The molecule has 33 heavy (non-hydrogen) atoms. The van der Waals surface area contributed by atoms with Gasteiger partial charge >= 0.3 is 0 Å². The van der Waals surface area contributed by atoms with E-state index in [-0.39, 0.29) is 22.9 Å². The van der Waals surface area contributed by atoms with Crippen molar-refractivity contribution in [2.45, 2.75) is 61.3 Å². The lowest BCUT2D eigenvalue weighted by Crippen LogP contribution is -2.56. The molecular weight excluding hydrogens is 426 g/mol. The Morgan fingerprint density at radius 1 is 1.03 bits per heavy atom. The molecule has 4 aliphatic carbocycles. The monoisotopic (exact) mass is 457 g/mol. The molecule has 2 aromatic rings. The third kappa shape index (κ3) is 4.68. The first-order valence-corrected chi connectivity index (χ1v) is 12.9. The van der Waals surface area contributed by atoms with Crippen molar-refractivity contribution in [3.8, 4) is 6.07 Å². The number of nitrogens with zero attached hydrogens (tertiary/aromatic N) is 1. The van der Waals surface area contributed by atoms with Crippen LogP contribution in [0.2, 0.25) is 0 Å². The minimum Gasteiger partial charge on any atom is -0.359 e. The largest absolute Gasteiger partial charge is 0.359 e. The zero-order chi connectivity index (χ0) is 22.8. The second-order valence-electron chi connectivity index (χ2n) is 10.2. The van der Waals surface area contributed by atoms with E-state index in [1.807, 2.05) is 42.5 Å². The molecule has 1 amide bonds. The molecule has 1 atom stereocenters. The topological polar surface area (TPSA) is 64.9 Å². The van der Waals surface area contributed by atoms with Crippen LogP contribution in [-0.4, -0.2) is 11.9 Å². The molecule has 4 fully saturated rings. The minimum atomic E-state index is -0.276. The molecule has 6 rings (SSSR count). The Labute approximate surface area is 200 Å². The maximum Gasteiger partial charge on any atom is 0.263 e. The number of nitriles is 1. The number of hydrogen-bond acceptors (Lipinski definition) is 4. The highest BCUT2D eigenvalue weighted by atomic mass is 32.2. The Kier molecular flexibility index (Phi) is 6.21. The zero-order valence-electron chi connectivity index (χ0n) is 19.1. The summed E-state index contributed by atoms with van der Waals surface area (Å²) in [4.78, 5) is 15.2. The van der Waals surface area contributed by atoms with Crippen molar-refractivity contribution in [3.63, 3.8) is 0 Å². The van der Waals surface area contributed by atoms with Gasteiger partial charge in [-0.3, -0.25) is 4.79 Å². The van der Waals surface area contributed by atoms with Gasteiger partial charge in [0.25, 0.3) is 5.91 Å². The number of benzene rings is 2. The number of nitrogens with one attached hydrogen (secondary N) is 2. The lowest BCUT2D eigenvalue weighted by atomic mass is 9.48. The predicted molar refractivity (Wildman–Crippen MR) is 133 cm³/mol. The van der Waals surface area contributed by atoms with E-state index in [9.17, 15) is 10.1 Å². The maximum absolute atomic E-state index is 13.0. The fourth-order valence-corrected chi connectivity index (χ4v) is 7.66. The van der Waals surface area contributed by atoms with Crippen LogP contribution in [0.15, 0.2) is 76.2 Å². The quantitative estimate of drug-likeness (QED) is 0.374. The van der Waals surface area contributed by atoms with Crippen molar-refractivity contribution in [2.24, 2.45) is 23.2 Å². The number of hydrogen-bond donors (Lipinski definition) is 2. The lowest BCUT2D eigenvalue weighted by molar-refractivity contribution is -0.122. The van der Waals surface area contributed by atoms with Crippen LogP contribution in [0, 0.1) is 34.5 Å². The minimum absolute atomic E-state index is 0.0936. The van der Waals surface area contributed by atoms with E-state index in [0.29, 0.717) is 0 Å². The summed E-state index contributed by atoms with van der Waals surface area (Å²) in [6, 6.07) is 20.3. The fraction of sp³-hybridized carbons (Fsp3) is 0.429. The highest BCUT2D eigenvalue weighted by molar-refractivity contribution is 7.99. The molecule has 0 aliphatic heterocycles. The fourth-order valence-electron chi connectivity index (χ4n) is 6.72. The first-order valence-electron chi connectivity index (χ1n) is 12.0. The van der Waals surface area contributed by atoms with E-state index in [0.717, 1.165) is 33.2 Å². The third-order valence-electron chi connectivity index (χ3n) is 7.95. The zero-order valence-corrected chi connectivity index (χ0v) is 19.9. The molecule has 170 valence electrons. The number of carbonyl (C=O) groups is 1. The Bertz CT molecular complexity index is 1050. The molecule has 0 spiro atoms. The van der Waals surface area contributed by atoms with E-state index in [2.05, 4.69) is 35.8 Å². The Morgan fingerprint density at radius 3 is 2.27 bits per heavy atom. The van der Waals surface area contributed by atoms with Gasteiger partial charge in [0.1, 0.15) is 11.6 Å². The number of carbonyl (C=O) groups excluding carboxylic acids is 1. The number of para-hydroxylation sites is 1. The number of amides is 1. The normalized spacial score (nSPS) is 28.7. The molecule has 5 heteroatoms. The summed E-state index contributed by atoms with van der Waals surface area (Å²) >= 11 is 1.65. The summed E-state index contributed by atoms with van der Waals surface area (Å²) in [5.41, 5.74) is 1.21. The van der Waals surface area contributed by atoms with E-state index in [1.54, 1.807) is 18.0 Å². The molecule has 2 aromatic carbocycles. The van der Waals surface area contributed by atoms with Crippen LogP contribution in [0.4, 0.5) is 5.69 Å². The molecule has 2 N–H and O–H groups in total. The number of anilines is 1. The van der Waals surface area contributed by atoms with Gasteiger partial charge in [-0.15, -0.1) is 0 Å². The summed E-state index contributed by atoms with van der Waals surface area (Å²) in [6.07, 6.45) is 9.39. The smallest absolute Gasteiger partial charge is 0.263 e. The molecule has 4 aliphatic rings. The molecule has 0 radical (unpaired) electrons. The van der Waals surface area contributed by atoms with Crippen molar-refractivity contribution in [1.29, 1.82) is 5.26 Å². The van der Waals surface area contributed by atoms with E-state index >= 15 is 0 Å². The maximum atomic E-state index is 13.0. The Balaban J connectivity index is 1.26. The van der Waals surface area contributed by atoms with Crippen LogP contribution >= 0.6 is 11.8 Å². The van der Waals surface area contributed by atoms with Gasteiger partial charge in [0.05, 0.1) is 5.69 Å². The predicted octanol–water partition coefficient (Wildman–Crippen LogP) is 6.38. The average molecular weight is 458 g/mol. The van der Waals surface area contributed by atoms with Crippen LogP contribution in [0.5, 0.6) is 0 Å². The highest BCUT2D eigenvalue weighted by Gasteiger charge is 2.53. The summed E-state index contributed by atoms with van der Waals surface area (Å²) < 4.78 is 0. The summed E-state index contributed by atoms with van der Waals surface area (Å²) in [6.45, 7) is 2.15. The summed E-state index contributed by atoms with van der Waals surface area (Å²) in [5, 5.41) is 16.1. The lowest BCUT2D eigenvalue weighted by Gasteiger charge is -2.59. The molecular formula is C28H31N3OS. The Hall–Kier alpha value is -2.71. The van der Waals surface area contributed by atoms with Gasteiger partial charge < -0.3 is 10.6 Å². The van der Waals surface area contributed by atoms with Crippen molar-refractivity contribution in [3.05, 3.63) is 66.4 Å². The second-order valence-corrected chi connectivity index (χ2v) is 11.3. The van der Waals surface area contributed by atoms with E-state index < -0.39 is 0 Å². The molecule has 4 saturated carbocycles. The number of rotatable bonds is 7. The first-order chi connectivity index (χ1) is 16.0. The van der Waals surface area contributed by atoms with Crippen molar-refractivity contribution >= 4 is 23.4 Å². The molecule has 4 nitrogen and oxygen atoms in total. The van der Waals surface area contributed by atoms with Gasteiger partial charge in [-0.1, -0.05) is 42.1 Å². The SMILES string of the molecule is CC(NC(=O)/C(C#N)=C\Nc1ccccc1Sc1ccccc1)C12CC3CC(CC(C3)C1)C2. The van der Waals surface area contributed by atoms with Crippen LogP contribution in [0.25, 0.3) is 0 Å². The van der Waals surface area contributed by atoms with Crippen LogP contribution in [-0.2, 0) is 4.79 Å². The van der Waals surface area contributed by atoms with Gasteiger partial charge in [0, 0.05) is 22.0 Å². The van der Waals surface area contributed by atoms with E-state index in [4.69, 9.17) is 0 Å². The van der Waals surface area contributed by atoms with Crippen molar-refractivity contribution < 1.29 is 4.79 Å². The van der Waals surface area contributed by atoms with Crippen LogP contribution in [0.1, 0.15) is 45.4 Å². The molecule has 0 aromatic heterocycles. The molecule has 1 unspecified atom stereocenters. The first kappa shape index (κ1) is 22.1. The molecule has 0 heterocycles. The van der Waals surface area contributed by atoms with Crippen molar-refractivity contribution in [2.75, 3.05) is 5.32 Å². The standard InChI is InChI=1S/C28H31N3OS/c1-19(28-14-20-11-21(15-28)13-22(12-20)16-28)31-27(32)23(17-29)18-30-25-9-5-6-10-26(25)33-24-7-3-2-4-8-24/h2-10,18-22,30H,11-16H2,1H3,(H,31,32)/b23-18-. The average Bonchev–Trinajstić information content (AvgIpc) is 2.80. The van der Waals surface area contributed by atoms with E-state index in [1.165, 1.54) is 38.5 Å². The van der Waals surface area contributed by atoms with Crippen molar-refractivity contribution in [1.82, 2.24) is 5.32 Å². The Morgan fingerprint density at radius 2 is 1.64 bits per heavy atom. The third-order valence-corrected chi connectivity index (χ3v) is 9.03. The molecule has 4 bridgehead atoms.